The van der Waals surface area contributed by atoms with Gasteiger partial charge in [0.15, 0.2) is 11.6 Å². The van der Waals surface area contributed by atoms with Gasteiger partial charge in [0.1, 0.15) is 0 Å². The highest BCUT2D eigenvalue weighted by atomic mass is 15.3. The van der Waals surface area contributed by atoms with Gasteiger partial charge in [0.05, 0.1) is 0 Å². The van der Waals surface area contributed by atoms with Gasteiger partial charge in [-0.2, -0.15) is 0 Å². The quantitative estimate of drug-likeness (QED) is 0.159. The van der Waals surface area contributed by atoms with Gasteiger partial charge < -0.3 is 0 Å². The maximum atomic E-state index is 4.74. The lowest BCUT2D eigenvalue weighted by Gasteiger charge is -2.24. The van der Waals surface area contributed by atoms with E-state index in [9.17, 15) is 0 Å². The molecule has 0 spiro atoms. The van der Waals surface area contributed by atoms with Crippen LogP contribution in [0.3, 0.4) is 0 Å². The Kier molecular flexibility index (Phi) is 7.84. The summed E-state index contributed by atoms with van der Waals surface area (Å²) in [5, 5.41) is 14.5. The van der Waals surface area contributed by atoms with Crippen molar-refractivity contribution in [2.45, 2.75) is 19.3 Å². The van der Waals surface area contributed by atoms with E-state index in [1.165, 1.54) is 71.6 Å². The maximum Gasteiger partial charge on any atom is 0.168 e. The van der Waals surface area contributed by atoms with Crippen LogP contribution in [0.15, 0.2) is 200 Å². The van der Waals surface area contributed by atoms with E-state index in [1.54, 1.807) is 0 Å². The molecule has 3 heteroatoms. The molecule has 1 aromatic heterocycles. The van der Waals surface area contributed by atoms with Crippen LogP contribution in [0.4, 0.5) is 0 Å². The van der Waals surface area contributed by atoms with Gasteiger partial charge in [0.25, 0.3) is 0 Å². The minimum atomic E-state index is -0.136. The lowest BCUT2D eigenvalue weighted by molar-refractivity contribution is 0.661. The van der Waals surface area contributed by atoms with Crippen LogP contribution in [0, 0.1) is 0 Å². The highest BCUT2D eigenvalue weighted by Crippen LogP contribution is 2.53. The fourth-order valence-electron chi connectivity index (χ4n) is 9.33. The van der Waals surface area contributed by atoms with E-state index >= 15 is 0 Å². The molecule has 0 N–H and O–H groups in total. The van der Waals surface area contributed by atoms with Gasteiger partial charge in [-0.1, -0.05) is 184 Å². The molecule has 58 heavy (non-hydrogen) atoms. The number of nitrogens with zero attached hydrogens (tertiary/aromatic N) is 3. The van der Waals surface area contributed by atoms with Gasteiger partial charge in [-0.05, 0) is 108 Å². The second-order valence-electron chi connectivity index (χ2n) is 15.8. The zero-order valence-corrected chi connectivity index (χ0v) is 32.4. The van der Waals surface area contributed by atoms with Crippen LogP contribution in [-0.4, -0.2) is 14.8 Å². The zero-order valence-electron chi connectivity index (χ0n) is 32.4. The summed E-state index contributed by atoms with van der Waals surface area (Å²) in [4.78, 5) is 0. The normalized spacial score (nSPS) is 12.8. The van der Waals surface area contributed by atoms with Gasteiger partial charge in [-0.15, -0.1) is 10.2 Å². The number of hydrogen-bond donors (Lipinski definition) is 0. The van der Waals surface area contributed by atoms with E-state index in [0.29, 0.717) is 0 Å². The van der Waals surface area contributed by atoms with Crippen LogP contribution in [0.25, 0.3) is 94.5 Å². The molecule has 0 saturated heterocycles. The number of rotatable bonds is 6. The molecule has 10 aromatic rings. The van der Waals surface area contributed by atoms with E-state index in [-0.39, 0.29) is 5.41 Å². The second kappa shape index (κ2) is 13.4. The molecule has 0 radical (unpaired) electrons. The Bertz CT molecular complexity index is 3100. The first-order valence-electron chi connectivity index (χ1n) is 20.0. The maximum absolute atomic E-state index is 4.74. The third-order valence-corrected chi connectivity index (χ3v) is 12.1. The molecule has 0 atom stereocenters. The Labute approximate surface area is 338 Å². The fourth-order valence-corrected chi connectivity index (χ4v) is 9.33. The van der Waals surface area contributed by atoms with Crippen molar-refractivity contribution in [3.05, 3.63) is 211 Å². The number of benzene rings is 9. The van der Waals surface area contributed by atoms with Crippen molar-refractivity contribution >= 4 is 21.5 Å². The van der Waals surface area contributed by atoms with Gasteiger partial charge in [0.2, 0.25) is 0 Å². The standard InChI is InChI=1S/C55H39N3/c1-55(2)49-28-15-14-25-43(49)46-34-47-48(35-50(46)55)52(41-24-16-23-40(33-41)36-17-6-3-7-18-36)45-27-13-12-26-44(45)51(47)37-29-31-42(32-30-37)58-53(38-19-8-4-9-20-38)56-57-54(58)39-21-10-5-11-22-39/h3-35H,1-2H3. The fraction of sp³-hybridized carbons (Fsp3) is 0.0545. The molecule has 0 aliphatic heterocycles. The predicted octanol–water partition coefficient (Wildman–Crippen LogP) is 14.2. The predicted molar refractivity (Wildman–Crippen MR) is 241 cm³/mol. The molecule has 3 nitrogen and oxygen atoms in total. The third kappa shape index (κ3) is 5.35. The van der Waals surface area contributed by atoms with Crippen LogP contribution < -0.4 is 0 Å². The number of fused-ring (bicyclic) bond motifs is 5. The van der Waals surface area contributed by atoms with Gasteiger partial charge in [0, 0.05) is 22.2 Å². The van der Waals surface area contributed by atoms with E-state index in [0.717, 1.165) is 34.0 Å². The van der Waals surface area contributed by atoms with E-state index < -0.39 is 0 Å². The first kappa shape index (κ1) is 33.9. The van der Waals surface area contributed by atoms with E-state index in [4.69, 9.17) is 10.2 Å². The molecule has 11 rings (SSSR count). The van der Waals surface area contributed by atoms with Crippen molar-refractivity contribution < 1.29 is 0 Å². The third-order valence-electron chi connectivity index (χ3n) is 12.1. The molecule has 0 bridgehead atoms. The summed E-state index contributed by atoms with van der Waals surface area (Å²) in [6.07, 6.45) is 0. The average Bonchev–Trinajstić information content (AvgIpc) is 3.83. The molecular formula is C55H39N3. The largest absolute Gasteiger partial charge is 0.275 e. The Balaban J connectivity index is 1.17. The van der Waals surface area contributed by atoms with Gasteiger partial charge in [-0.25, -0.2) is 0 Å². The van der Waals surface area contributed by atoms with Crippen LogP contribution in [0.2, 0.25) is 0 Å². The lowest BCUT2D eigenvalue weighted by Crippen LogP contribution is -2.14. The molecular weight excluding hydrogens is 703 g/mol. The molecule has 0 unspecified atom stereocenters. The summed E-state index contributed by atoms with van der Waals surface area (Å²) in [6, 6.07) is 72.3. The van der Waals surface area contributed by atoms with Crippen molar-refractivity contribution in [3.63, 3.8) is 0 Å². The summed E-state index contributed by atoms with van der Waals surface area (Å²) in [5.74, 6) is 1.61. The molecule has 1 aliphatic rings. The molecule has 274 valence electrons. The van der Waals surface area contributed by atoms with Crippen LogP contribution >= 0.6 is 0 Å². The Morgan fingerprint density at radius 1 is 0.345 bits per heavy atom. The number of hydrogen-bond acceptors (Lipinski definition) is 2. The smallest absolute Gasteiger partial charge is 0.168 e. The Morgan fingerprint density at radius 2 is 0.845 bits per heavy atom. The molecule has 9 aromatic carbocycles. The van der Waals surface area contributed by atoms with Gasteiger partial charge >= 0.3 is 0 Å². The monoisotopic (exact) mass is 741 g/mol. The minimum absolute atomic E-state index is 0.136. The first-order valence-corrected chi connectivity index (χ1v) is 20.0. The lowest BCUT2D eigenvalue weighted by atomic mass is 9.79. The van der Waals surface area contributed by atoms with Crippen molar-refractivity contribution in [2.24, 2.45) is 0 Å². The Morgan fingerprint density at radius 3 is 1.48 bits per heavy atom. The summed E-state index contributed by atoms with van der Waals surface area (Å²) in [6.45, 7) is 4.75. The van der Waals surface area contributed by atoms with Gasteiger partial charge in [-0.3, -0.25) is 4.57 Å². The highest BCUT2D eigenvalue weighted by molar-refractivity contribution is 6.22. The van der Waals surface area contributed by atoms with E-state index in [1.807, 2.05) is 36.4 Å². The molecule has 1 heterocycles. The van der Waals surface area contributed by atoms with E-state index in [2.05, 4.69) is 182 Å². The minimum Gasteiger partial charge on any atom is -0.275 e. The van der Waals surface area contributed by atoms with Crippen molar-refractivity contribution in [3.8, 4) is 73.0 Å². The van der Waals surface area contributed by atoms with Crippen LogP contribution in [0.1, 0.15) is 25.0 Å². The van der Waals surface area contributed by atoms with Crippen molar-refractivity contribution in [2.75, 3.05) is 0 Å². The summed E-state index contributed by atoms with van der Waals surface area (Å²) in [7, 11) is 0. The highest BCUT2D eigenvalue weighted by Gasteiger charge is 2.36. The molecule has 1 aliphatic carbocycles. The summed E-state index contributed by atoms with van der Waals surface area (Å²) >= 11 is 0. The SMILES string of the molecule is CC1(C)c2ccccc2-c2cc3c(-c4ccc(-n5c(-c6ccccc6)nnc5-c5ccccc5)cc4)c4ccccc4c(-c4cccc(-c5ccccc5)c4)c3cc21. The second-order valence-corrected chi connectivity index (χ2v) is 15.8. The molecule has 0 fully saturated rings. The summed E-state index contributed by atoms with van der Waals surface area (Å²) in [5.41, 5.74) is 15.6. The topological polar surface area (TPSA) is 30.7 Å². The average molecular weight is 742 g/mol. The van der Waals surface area contributed by atoms with Crippen LogP contribution in [-0.2, 0) is 5.41 Å². The zero-order chi connectivity index (χ0) is 38.8. The van der Waals surface area contributed by atoms with Crippen LogP contribution in [0.5, 0.6) is 0 Å². The Hall–Kier alpha value is -7.36. The number of aromatic nitrogens is 3. The van der Waals surface area contributed by atoms with Crippen molar-refractivity contribution in [1.82, 2.24) is 14.8 Å². The first-order chi connectivity index (χ1) is 28.5. The summed E-state index contributed by atoms with van der Waals surface area (Å²) < 4.78 is 2.18. The van der Waals surface area contributed by atoms with Crippen molar-refractivity contribution in [1.29, 1.82) is 0 Å². The molecule has 0 amide bonds. The molecule has 0 saturated carbocycles.